The Morgan fingerprint density at radius 3 is 3.12 bits per heavy atom. The lowest BCUT2D eigenvalue weighted by Crippen LogP contribution is -2.06. The van der Waals surface area contributed by atoms with Crippen molar-refractivity contribution in [3.8, 4) is 5.75 Å². The number of ether oxygens (including phenoxy) is 1. The summed E-state index contributed by atoms with van der Waals surface area (Å²) < 4.78 is 5.09. The molecule has 4 nitrogen and oxygen atoms in total. The molecule has 0 bridgehead atoms. The van der Waals surface area contributed by atoms with Gasteiger partial charge in [-0.15, -0.1) is 0 Å². The van der Waals surface area contributed by atoms with Gasteiger partial charge < -0.3 is 15.2 Å². The lowest BCUT2D eigenvalue weighted by molar-refractivity contribution is 0.311. The first-order valence-electron chi connectivity index (χ1n) is 5.04. The molecule has 0 saturated heterocycles. The van der Waals surface area contributed by atoms with E-state index in [1.807, 2.05) is 24.3 Å². The van der Waals surface area contributed by atoms with E-state index in [0.29, 0.717) is 12.3 Å². The number of fused-ring (bicyclic) bond motifs is 1. The van der Waals surface area contributed by atoms with Gasteiger partial charge in [0.05, 0.1) is 19.2 Å². The average Bonchev–Trinajstić information content (AvgIpc) is 2.35. The van der Waals surface area contributed by atoms with E-state index in [0.717, 1.165) is 16.7 Å². The molecular weight excluding hydrogens is 204 g/mol. The van der Waals surface area contributed by atoms with Crippen LogP contribution in [0.25, 0.3) is 10.9 Å². The fraction of sp³-hybridized carbons (Fsp3) is 0.250. The van der Waals surface area contributed by atoms with Crippen LogP contribution < -0.4 is 10.1 Å². The van der Waals surface area contributed by atoms with E-state index in [1.165, 1.54) is 0 Å². The molecule has 0 atom stereocenters. The van der Waals surface area contributed by atoms with E-state index in [9.17, 15) is 0 Å². The monoisotopic (exact) mass is 217 g/mol. The zero-order valence-electron chi connectivity index (χ0n) is 9.03. The van der Waals surface area contributed by atoms with Crippen molar-refractivity contribution in [2.24, 2.45) is 0 Å². The van der Waals surface area contributed by atoms with Gasteiger partial charge in [0.2, 0.25) is 0 Å². The second-order valence-corrected chi connectivity index (χ2v) is 3.32. The summed E-state index contributed by atoms with van der Waals surface area (Å²) in [6.45, 7) is 0.584. The van der Waals surface area contributed by atoms with Crippen LogP contribution in [0.15, 0.2) is 24.3 Å². The fourth-order valence-electron chi connectivity index (χ4n) is 1.44. The normalized spacial score (nSPS) is 10.4. The van der Waals surface area contributed by atoms with Crippen molar-refractivity contribution in [2.45, 2.75) is 0 Å². The van der Waals surface area contributed by atoms with Crippen molar-refractivity contribution >= 4 is 16.7 Å². The highest BCUT2D eigenvalue weighted by molar-refractivity contribution is 5.81. The standard InChI is InChI=1S/C12H13N2O2/c1-16-10-4-2-9-3-5-12(13-6-7-15)14-11(9)8-10/h2-3,5,8,15H,6-7H2,1H3,(H,13,14). The highest BCUT2D eigenvalue weighted by atomic mass is 16.5. The zero-order valence-corrected chi connectivity index (χ0v) is 9.03. The predicted molar refractivity (Wildman–Crippen MR) is 62.7 cm³/mol. The van der Waals surface area contributed by atoms with E-state index in [2.05, 4.69) is 16.4 Å². The molecular formula is C12H13N2O2. The van der Waals surface area contributed by atoms with Crippen LogP contribution in [0.5, 0.6) is 5.75 Å². The summed E-state index contributed by atoms with van der Waals surface area (Å²) in [4.78, 5) is 4.40. The Bertz CT molecular complexity index is 485. The Labute approximate surface area is 93.9 Å². The molecule has 0 unspecified atom stereocenters. The number of aliphatic hydroxyl groups is 1. The third kappa shape index (κ3) is 2.23. The van der Waals surface area contributed by atoms with Gasteiger partial charge in [-0.25, -0.2) is 4.98 Å². The molecule has 0 aliphatic rings. The first-order valence-corrected chi connectivity index (χ1v) is 5.04. The molecule has 0 aliphatic carbocycles. The molecule has 2 aromatic rings. The van der Waals surface area contributed by atoms with Crippen LogP contribution in [0, 0.1) is 6.07 Å². The SMILES string of the molecule is COc1[c]cc2ccc(NCCO)nc2c1. The molecule has 16 heavy (non-hydrogen) atoms. The maximum atomic E-state index is 8.71. The van der Waals surface area contributed by atoms with Gasteiger partial charge in [-0.3, -0.25) is 0 Å². The van der Waals surface area contributed by atoms with Crippen LogP contribution in [-0.4, -0.2) is 30.4 Å². The number of benzene rings is 1. The molecule has 1 aromatic carbocycles. The van der Waals surface area contributed by atoms with Gasteiger partial charge >= 0.3 is 0 Å². The summed E-state index contributed by atoms with van der Waals surface area (Å²) in [5.41, 5.74) is 0.846. The molecule has 1 radical (unpaired) electrons. The summed E-state index contributed by atoms with van der Waals surface area (Å²) in [6.07, 6.45) is 0. The van der Waals surface area contributed by atoms with Gasteiger partial charge in [0.25, 0.3) is 0 Å². The van der Waals surface area contributed by atoms with E-state index in [-0.39, 0.29) is 6.61 Å². The first kappa shape index (κ1) is 10.7. The summed E-state index contributed by atoms with van der Waals surface area (Å²) in [5.74, 6) is 1.41. The highest BCUT2D eigenvalue weighted by Crippen LogP contribution is 2.20. The number of hydrogen-bond donors (Lipinski definition) is 2. The van der Waals surface area contributed by atoms with Crippen LogP contribution in [0.3, 0.4) is 0 Å². The van der Waals surface area contributed by atoms with Gasteiger partial charge in [-0.05, 0) is 18.2 Å². The van der Waals surface area contributed by atoms with Crippen molar-refractivity contribution in [3.05, 3.63) is 30.3 Å². The minimum Gasteiger partial charge on any atom is -0.496 e. The van der Waals surface area contributed by atoms with Crippen LogP contribution in [0.4, 0.5) is 5.82 Å². The lowest BCUT2D eigenvalue weighted by Gasteiger charge is -2.05. The van der Waals surface area contributed by atoms with Crippen LogP contribution in [-0.2, 0) is 0 Å². The topological polar surface area (TPSA) is 54.4 Å². The quantitative estimate of drug-likeness (QED) is 0.813. The number of aliphatic hydroxyl groups excluding tert-OH is 1. The number of rotatable bonds is 4. The molecule has 0 spiro atoms. The van der Waals surface area contributed by atoms with Gasteiger partial charge in [0.1, 0.15) is 11.6 Å². The number of aromatic nitrogens is 1. The number of anilines is 1. The van der Waals surface area contributed by atoms with Crippen molar-refractivity contribution in [3.63, 3.8) is 0 Å². The average molecular weight is 217 g/mol. The van der Waals surface area contributed by atoms with Crippen molar-refractivity contribution < 1.29 is 9.84 Å². The Morgan fingerprint density at radius 1 is 1.50 bits per heavy atom. The largest absolute Gasteiger partial charge is 0.496 e. The molecule has 1 heterocycles. The first-order chi connectivity index (χ1) is 7.83. The predicted octanol–water partition coefficient (Wildman–Crippen LogP) is 1.45. The second-order valence-electron chi connectivity index (χ2n) is 3.32. The molecule has 0 saturated carbocycles. The third-order valence-corrected chi connectivity index (χ3v) is 2.23. The lowest BCUT2D eigenvalue weighted by atomic mass is 10.2. The minimum absolute atomic E-state index is 0.0889. The number of nitrogens with one attached hydrogen (secondary N) is 1. The van der Waals surface area contributed by atoms with Crippen molar-refractivity contribution in [1.82, 2.24) is 4.98 Å². The van der Waals surface area contributed by atoms with Gasteiger partial charge in [-0.1, -0.05) is 0 Å². The molecule has 83 valence electrons. The van der Waals surface area contributed by atoms with Gasteiger partial charge in [0.15, 0.2) is 0 Å². The maximum Gasteiger partial charge on any atom is 0.129 e. The molecule has 0 fully saturated rings. The zero-order chi connectivity index (χ0) is 11.4. The molecule has 2 rings (SSSR count). The smallest absolute Gasteiger partial charge is 0.129 e. The summed E-state index contributed by atoms with van der Waals surface area (Å²) in [5, 5.41) is 12.7. The summed E-state index contributed by atoms with van der Waals surface area (Å²) >= 11 is 0. The van der Waals surface area contributed by atoms with Gasteiger partial charge in [0, 0.05) is 24.1 Å². The number of nitrogens with zero attached hydrogens (tertiary/aromatic N) is 1. The van der Waals surface area contributed by atoms with Crippen LogP contribution in [0.1, 0.15) is 0 Å². The van der Waals surface area contributed by atoms with E-state index in [4.69, 9.17) is 9.84 Å². The molecule has 0 aliphatic heterocycles. The van der Waals surface area contributed by atoms with Crippen molar-refractivity contribution in [2.75, 3.05) is 25.6 Å². The molecule has 1 aromatic heterocycles. The van der Waals surface area contributed by atoms with E-state index in [1.54, 1.807) is 7.11 Å². The number of methoxy groups -OCH3 is 1. The van der Waals surface area contributed by atoms with E-state index >= 15 is 0 Å². The maximum absolute atomic E-state index is 8.71. The van der Waals surface area contributed by atoms with Crippen LogP contribution >= 0.6 is 0 Å². The molecule has 0 amide bonds. The summed E-state index contributed by atoms with van der Waals surface area (Å²) in [7, 11) is 1.60. The Balaban J connectivity index is 2.35. The van der Waals surface area contributed by atoms with Crippen molar-refractivity contribution in [1.29, 1.82) is 0 Å². The fourth-order valence-corrected chi connectivity index (χ4v) is 1.44. The van der Waals surface area contributed by atoms with E-state index < -0.39 is 0 Å². The number of pyridine rings is 1. The minimum atomic E-state index is 0.0889. The third-order valence-electron chi connectivity index (χ3n) is 2.23. The van der Waals surface area contributed by atoms with Gasteiger partial charge in [-0.2, -0.15) is 0 Å². The molecule has 4 heteroatoms. The molecule has 2 N–H and O–H groups in total. The second kappa shape index (κ2) is 4.81. The Hall–Kier alpha value is -1.81. The Morgan fingerprint density at radius 2 is 2.38 bits per heavy atom. The van der Waals surface area contributed by atoms with Crippen LogP contribution in [0.2, 0.25) is 0 Å². The Kier molecular flexibility index (Phi) is 3.22. The summed E-state index contributed by atoms with van der Waals surface area (Å²) in [6, 6.07) is 10.5. The number of hydrogen-bond acceptors (Lipinski definition) is 4. The highest BCUT2D eigenvalue weighted by Gasteiger charge is 2.00.